The van der Waals surface area contributed by atoms with Crippen molar-refractivity contribution < 1.29 is 13.2 Å². The number of rotatable bonds is 7. The summed E-state index contributed by atoms with van der Waals surface area (Å²) >= 11 is 3.40. The lowest BCUT2D eigenvalue weighted by atomic mass is 10.1. The van der Waals surface area contributed by atoms with Crippen molar-refractivity contribution >= 4 is 37.5 Å². The van der Waals surface area contributed by atoms with Gasteiger partial charge in [0.2, 0.25) is 15.9 Å². The minimum absolute atomic E-state index is 0.170. The van der Waals surface area contributed by atoms with Crippen LogP contribution in [0, 0.1) is 12.8 Å². The number of anilines is 1. The molecule has 0 spiro atoms. The third-order valence-corrected chi connectivity index (χ3v) is 5.30. The molecule has 0 aliphatic carbocycles. The van der Waals surface area contributed by atoms with Crippen molar-refractivity contribution in [3.05, 3.63) is 28.2 Å². The fourth-order valence-corrected chi connectivity index (χ4v) is 2.96. The van der Waals surface area contributed by atoms with Crippen LogP contribution >= 0.6 is 15.9 Å². The molecule has 22 heavy (non-hydrogen) atoms. The maximum absolute atomic E-state index is 12.1. The van der Waals surface area contributed by atoms with Crippen LogP contribution in [0.5, 0.6) is 0 Å². The topological polar surface area (TPSA) is 66.5 Å². The van der Waals surface area contributed by atoms with E-state index in [4.69, 9.17) is 0 Å². The van der Waals surface area contributed by atoms with E-state index in [2.05, 4.69) is 21.2 Å². The van der Waals surface area contributed by atoms with Crippen LogP contribution in [0.4, 0.5) is 5.69 Å². The van der Waals surface area contributed by atoms with Gasteiger partial charge in [-0.05, 0) is 37.0 Å². The molecule has 0 aliphatic rings. The van der Waals surface area contributed by atoms with Gasteiger partial charge in [-0.25, -0.2) is 8.42 Å². The molecule has 0 atom stereocenters. The molecular formula is C15H23BrN2O3S. The van der Waals surface area contributed by atoms with Crippen LogP contribution in [0.1, 0.15) is 25.8 Å². The fraction of sp³-hybridized carbons (Fsp3) is 0.533. The molecule has 0 heterocycles. The largest absolute Gasteiger partial charge is 0.325 e. The van der Waals surface area contributed by atoms with Crippen LogP contribution in [0.25, 0.3) is 0 Å². The molecule has 0 aromatic heterocycles. The van der Waals surface area contributed by atoms with E-state index in [1.807, 2.05) is 26.8 Å². The predicted molar refractivity (Wildman–Crippen MR) is 93.4 cm³/mol. The van der Waals surface area contributed by atoms with Crippen LogP contribution in [-0.4, -0.2) is 38.0 Å². The third kappa shape index (κ3) is 6.46. The number of hydrogen-bond donors (Lipinski definition) is 1. The van der Waals surface area contributed by atoms with Gasteiger partial charge in [0, 0.05) is 16.7 Å². The Labute approximate surface area is 141 Å². The SMILES string of the molecule is Cc1ccc(NC(=O)CN(CCC(C)C)S(C)(=O)=O)cc1Br. The number of benzene rings is 1. The van der Waals surface area contributed by atoms with Crippen LogP contribution in [-0.2, 0) is 14.8 Å². The summed E-state index contributed by atoms with van der Waals surface area (Å²) in [6, 6.07) is 5.47. The second-order valence-corrected chi connectivity index (χ2v) is 8.63. The first-order valence-corrected chi connectivity index (χ1v) is 9.75. The van der Waals surface area contributed by atoms with Gasteiger partial charge < -0.3 is 5.32 Å². The van der Waals surface area contributed by atoms with E-state index in [0.717, 1.165) is 22.7 Å². The van der Waals surface area contributed by atoms with Crippen molar-refractivity contribution in [2.75, 3.05) is 24.7 Å². The molecule has 0 bridgehead atoms. The van der Waals surface area contributed by atoms with Crippen molar-refractivity contribution in [3.63, 3.8) is 0 Å². The maximum Gasteiger partial charge on any atom is 0.239 e. The highest BCUT2D eigenvalue weighted by molar-refractivity contribution is 9.10. The second kappa shape index (κ2) is 8.08. The Morgan fingerprint density at radius 3 is 2.50 bits per heavy atom. The molecule has 1 amide bonds. The van der Waals surface area contributed by atoms with Gasteiger partial charge in [0.1, 0.15) is 0 Å². The third-order valence-electron chi connectivity index (χ3n) is 3.20. The summed E-state index contributed by atoms with van der Waals surface area (Å²) in [4.78, 5) is 12.1. The Bertz CT molecular complexity index is 630. The lowest BCUT2D eigenvalue weighted by molar-refractivity contribution is -0.116. The zero-order chi connectivity index (χ0) is 16.9. The Morgan fingerprint density at radius 1 is 1.36 bits per heavy atom. The molecule has 1 N–H and O–H groups in total. The van der Waals surface area contributed by atoms with E-state index < -0.39 is 10.0 Å². The van der Waals surface area contributed by atoms with Gasteiger partial charge in [0.15, 0.2) is 0 Å². The van der Waals surface area contributed by atoms with E-state index in [1.54, 1.807) is 12.1 Å². The Morgan fingerprint density at radius 2 is 2.00 bits per heavy atom. The molecule has 1 aromatic carbocycles. The number of nitrogens with one attached hydrogen (secondary N) is 1. The number of hydrogen-bond acceptors (Lipinski definition) is 3. The molecular weight excluding hydrogens is 368 g/mol. The standard InChI is InChI=1S/C15H23BrN2O3S/c1-11(2)7-8-18(22(4,20)21)10-15(19)17-13-6-5-12(3)14(16)9-13/h5-6,9,11H,7-8,10H2,1-4H3,(H,17,19). The summed E-state index contributed by atoms with van der Waals surface area (Å²) in [6.45, 7) is 6.17. The highest BCUT2D eigenvalue weighted by Crippen LogP contribution is 2.20. The van der Waals surface area contributed by atoms with Gasteiger partial charge in [-0.3, -0.25) is 4.79 Å². The number of carbonyl (C=O) groups is 1. The van der Waals surface area contributed by atoms with Crippen molar-refractivity contribution in [1.82, 2.24) is 4.31 Å². The van der Waals surface area contributed by atoms with Crippen LogP contribution in [0.2, 0.25) is 0 Å². The Hall–Kier alpha value is -0.920. The normalized spacial score (nSPS) is 12.0. The molecule has 0 saturated carbocycles. The van der Waals surface area contributed by atoms with E-state index in [9.17, 15) is 13.2 Å². The molecule has 7 heteroatoms. The smallest absolute Gasteiger partial charge is 0.239 e. The highest BCUT2D eigenvalue weighted by atomic mass is 79.9. The second-order valence-electron chi connectivity index (χ2n) is 5.79. The van der Waals surface area contributed by atoms with Gasteiger partial charge in [-0.2, -0.15) is 4.31 Å². The van der Waals surface area contributed by atoms with E-state index in [0.29, 0.717) is 18.2 Å². The van der Waals surface area contributed by atoms with Crippen LogP contribution in [0.15, 0.2) is 22.7 Å². The number of nitrogens with zero attached hydrogens (tertiary/aromatic N) is 1. The van der Waals surface area contributed by atoms with Gasteiger partial charge in [0.05, 0.1) is 12.8 Å². The maximum atomic E-state index is 12.1. The summed E-state index contributed by atoms with van der Waals surface area (Å²) in [6.07, 6.45) is 1.85. The molecule has 0 unspecified atom stereocenters. The van der Waals surface area contributed by atoms with Crippen molar-refractivity contribution in [1.29, 1.82) is 0 Å². The number of amides is 1. The number of halogens is 1. The zero-order valence-electron chi connectivity index (χ0n) is 13.4. The van der Waals surface area contributed by atoms with Gasteiger partial charge in [0.25, 0.3) is 0 Å². The lowest BCUT2D eigenvalue weighted by Crippen LogP contribution is -2.38. The zero-order valence-corrected chi connectivity index (χ0v) is 15.8. The van der Waals surface area contributed by atoms with E-state index >= 15 is 0 Å². The Balaban J connectivity index is 2.72. The molecule has 0 saturated heterocycles. The quantitative estimate of drug-likeness (QED) is 0.777. The first kappa shape index (κ1) is 19.1. The average Bonchev–Trinajstić information content (AvgIpc) is 2.37. The summed E-state index contributed by atoms with van der Waals surface area (Å²) in [5.41, 5.74) is 1.70. The summed E-state index contributed by atoms with van der Waals surface area (Å²) in [5, 5.41) is 2.73. The lowest BCUT2D eigenvalue weighted by Gasteiger charge is -2.20. The van der Waals surface area contributed by atoms with E-state index in [1.165, 1.54) is 4.31 Å². The van der Waals surface area contributed by atoms with Crippen molar-refractivity contribution in [3.8, 4) is 0 Å². The monoisotopic (exact) mass is 390 g/mol. The minimum Gasteiger partial charge on any atom is -0.325 e. The van der Waals surface area contributed by atoms with Gasteiger partial charge >= 0.3 is 0 Å². The van der Waals surface area contributed by atoms with Gasteiger partial charge in [-0.1, -0.05) is 35.8 Å². The highest BCUT2D eigenvalue weighted by Gasteiger charge is 2.20. The van der Waals surface area contributed by atoms with Crippen molar-refractivity contribution in [2.45, 2.75) is 27.2 Å². The predicted octanol–water partition coefficient (Wildman–Crippen LogP) is 3.00. The minimum atomic E-state index is -3.40. The molecule has 124 valence electrons. The Kier molecular flexibility index (Phi) is 7.02. The van der Waals surface area contributed by atoms with Gasteiger partial charge in [-0.15, -0.1) is 0 Å². The first-order chi connectivity index (χ1) is 10.1. The summed E-state index contributed by atoms with van der Waals surface area (Å²) < 4.78 is 25.6. The molecule has 5 nitrogen and oxygen atoms in total. The average molecular weight is 391 g/mol. The molecule has 1 aromatic rings. The summed E-state index contributed by atoms with van der Waals surface area (Å²) in [7, 11) is -3.40. The molecule has 0 aliphatic heterocycles. The fourth-order valence-electron chi connectivity index (χ4n) is 1.80. The molecule has 0 radical (unpaired) electrons. The molecule has 0 fully saturated rings. The number of sulfonamides is 1. The van der Waals surface area contributed by atoms with Crippen molar-refractivity contribution in [2.24, 2.45) is 5.92 Å². The number of aryl methyl sites for hydroxylation is 1. The van der Waals surface area contributed by atoms with E-state index in [-0.39, 0.29) is 12.5 Å². The molecule has 1 rings (SSSR count). The number of carbonyl (C=O) groups excluding carboxylic acids is 1. The summed E-state index contributed by atoms with van der Waals surface area (Å²) in [5.74, 6) is 0.0327. The van der Waals surface area contributed by atoms with Crippen LogP contribution in [0.3, 0.4) is 0 Å². The first-order valence-electron chi connectivity index (χ1n) is 7.10. The van der Waals surface area contributed by atoms with Crippen LogP contribution < -0.4 is 5.32 Å².